The predicted octanol–water partition coefficient (Wildman–Crippen LogP) is 17.1. The van der Waals surface area contributed by atoms with Gasteiger partial charge in [-0.25, -0.2) is 69.6 Å². The van der Waals surface area contributed by atoms with Gasteiger partial charge in [0, 0.05) is 160 Å². The Morgan fingerprint density at radius 2 is 0.887 bits per heavy atom. The number of pyridine rings is 1. The molecule has 15 heterocycles. The Kier molecular flexibility index (Phi) is 31.4. The van der Waals surface area contributed by atoms with Crippen molar-refractivity contribution in [3.05, 3.63) is 286 Å². The van der Waals surface area contributed by atoms with Crippen LogP contribution in [0, 0.1) is 34.6 Å². The van der Waals surface area contributed by atoms with Gasteiger partial charge in [0.25, 0.3) is 34.6 Å². The van der Waals surface area contributed by atoms with Gasteiger partial charge in [0.1, 0.15) is 41.6 Å². The van der Waals surface area contributed by atoms with E-state index in [4.69, 9.17) is 67.3 Å². The smallest absolute Gasteiger partial charge is 0.323 e. The maximum Gasteiger partial charge on any atom is 0.323 e. The number of anilines is 6. The average molecular weight is 2050 g/mol. The first-order valence-electron chi connectivity index (χ1n) is 49.6. The molecular formula is C112H124N28O8S2. The number of nitrogens with zero attached hydrogens (tertiary/aromatic N) is 19. The number of amides is 2. The van der Waals surface area contributed by atoms with Gasteiger partial charge in [0.15, 0.2) is 34.2 Å². The molecule has 5 aliphatic rings. The maximum absolute atomic E-state index is 12.1. The van der Waals surface area contributed by atoms with Crippen molar-refractivity contribution in [2.45, 2.75) is 139 Å². The number of ether oxygens (including phenoxy) is 5. The zero-order valence-corrected chi connectivity index (χ0v) is 88.7. The minimum Gasteiger partial charge on any atom is -0.473 e. The molecule has 0 saturated carbocycles. The molecule has 0 aliphatic carbocycles. The highest BCUT2D eigenvalue weighted by molar-refractivity contribution is 7.14. The van der Waals surface area contributed by atoms with Crippen LogP contribution in [0.1, 0.15) is 144 Å². The van der Waals surface area contributed by atoms with Crippen molar-refractivity contribution in [3.63, 3.8) is 0 Å². The molecule has 7 aromatic carbocycles. The largest absolute Gasteiger partial charge is 0.473 e. The maximum atomic E-state index is 12.1. The lowest BCUT2D eigenvalue weighted by Gasteiger charge is -2.27. The molecule has 0 radical (unpaired) electrons. The van der Waals surface area contributed by atoms with Crippen LogP contribution >= 0.6 is 22.7 Å². The summed E-state index contributed by atoms with van der Waals surface area (Å²) in [5, 5.41) is 8.52. The van der Waals surface area contributed by atoms with Crippen molar-refractivity contribution in [3.8, 4) is 102 Å². The van der Waals surface area contributed by atoms with E-state index in [9.17, 15) is 14.4 Å². The number of hydrogen-bond acceptors (Lipinski definition) is 33. The van der Waals surface area contributed by atoms with E-state index in [0.29, 0.717) is 67.5 Å². The molecule has 2 unspecified atom stereocenters. The van der Waals surface area contributed by atoms with Crippen LogP contribution in [0.4, 0.5) is 34.2 Å². The average Bonchev–Trinajstić information content (AvgIpc) is 0.851. The second-order valence-electron chi connectivity index (χ2n) is 39.0. The highest BCUT2D eigenvalue weighted by Gasteiger charge is 2.28. The second kappa shape index (κ2) is 45.3. The Bertz CT molecular complexity index is 7960. The fourth-order valence-electron chi connectivity index (χ4n) is 19.6. The molecule has 150 heavy (non-hydrogen) atoms. The van der Waals surface area contributed by atoms with Crippen molar-refractivity contribution >= 4 is 90.8 Å². The summed E-state index contributed by atoms with van der Waals surface area (Å²) in [5.74, 6) is 2.80. The highest BCUT2D eigenvalue weighted by Crippen LogP contribution is 2.41. The minimum absolute atomic E-state index is 0.0683. The van der Waals surface area contributed by atoms with Crippen molar-refractivity contribution in [1.82, 2.24) is 109 Å². The zero-order valence-electron chi connectivity index (χ0n) is 87.1. The molecule has 22 rings (SSSR count). The quantitative estimate of drug-likeness (QED) is 0.0342. The molecule has 14 N–H and O–H groups in total. The second-order valence-corrected chi connectivity index (χ2v) is 40.7. The van der Waals surface area contributed by atoms with Crippen molar-refractivity contribution in [2.24, 2.45) is 0 Å². The van der Waals surface area contributed by atoms with Crippen molar-refractivity contribution in [1.29, 1.82) is 0 Å². The van der Waals surface area contributed by atoms with E-state index in [1.807, 2.05) is 61.1 Å². The van der Waals surface area contributed by atoms with Gasteiger partial charge in [-0.3, -0.25) is 9.59 Å². The molecule has 772 valence electrons. The van der Waals surface area contributed by atoms with Crippen LogP contribution in [0.5, 0.6) is 34.5 Å². The summed E-state index contributed by atoms with van der Waals surface area (Å²) < 4.78 is 29.1. The van der Waals surface area contributed by atoms with Gasteiger partial charge >= 0.3 is 5.69 Å². The van der Waals surface area contributed by atoms with Gasteiger partial charge in [-0.15, -0.1) is 11.3 Å². The predicted molar refractivity (Wildman–Crippen MR) is 589 cm³/mol. The van der Waals surface area contributed by atoms with E-state index in [2.05, 4.69) is 225 Å². The third-order valence-corrected chi connectivity index (χ3v) is 29.0. The number of para-hydroxylation sites is 1. The van der Waals surface area contributed by atoms with Crippen LogP contribution in [0.25, 0.3) is 89.7 Å². The number of thiazole rings is 2. The summed E-state index contributed by atoms with van der Waals surface area (Å²) in [6, 6.07) is 38.3. The number of likely N-dealkylation sites (N-methyl/N-ethyl adjacent to an activating group) is 5. The molecule has 5 aliphatic heterocycles. The Balaban J connectivity index is 0.000000122. The number of fused-ring (bicyclic) bond motifs is 7. The van der Waals surface area contributed by atoms with Gasteiger partial charge in [0.2, 0.25) is 5.91 Å². The van der Waals surface area contributed by atoms with Crippen LogP contribution < -0.4 is 63.4 Å². The standard InChI is InChI=1S/C24H26N6O2.C24H26N6O.C24H27N5O2.C20H22N6OS.C20H23N5O2S/c1-13-9-15(10-16-12-30(3)8-7-17(13)16)20-11-26-22(25)23(27-20)32-14(2)18-5-4-6-19-21(18)29-24(31)28-19;1-14-10-16(11-17-13-30(3)9-6-18(14)17)21-12-28-22(25)24(29-21)31-15(2)19-4-7-26-23-20(19)5-8-27-23;1-15-11-17(12-18-14-29(4)10-9-20(15)18)21-13-26-22(25)23(27-21)31-19-7-5-16(6-8-19)24(30)28(2)3;1-11-6-13(7-14-9-26(3)5-4-15(11)14)16-8-22-19(21)18(24-16)17-10-28-20(25-17)23-12(2)27;1-12-6-13(7-14-9-25(2)5-4-16(12)14)17-8-22-18(21)19(24-17)27-10-15-11-28-20(23-15)26-3/h4-6,9-11,14H,7-8,12H2,1-3H3,(H2,25,26)(H2,28,29,31);4-5,7-8,10-12,15H,6,9,13H2,1-3H3,(H2,25,28)(H,26,27);5-8,11-13H,9-10,14H2,1-4H3,(H2,25,26);6-8,10H,4-5,9H2,1-3H3,(H2,21,22)(H,23,25,27);6-8,11H,4-5,9-10H2,1-3H3,(H2,21,22). The van der Waals surface area contributed by atoms with Crippen LogP contribution in [0.15, 0.2) is 174 Å². The Hall–Kier alpha value is -16.1. The third-order valence-electron chi connectivity index (χ3n) is 27.4. The first-order valence-corrected chi connectivity index (χ1v) is 51.4. The first-order chi connectivity index (χ1) is 72.1. The van der Waals surface area contributed by atoms with E-state index < -0.39 is 6.10 Å². The fraction of sp³-hybridized carbons (Fsp3) is 0.304. The van der Waals surface area contributed by atoms with Gasteiger partial charge in [-0.05, 0) is 302 Å². The van der Waals surface area contributed by atoms with Crippen LogP contribution in [0.3, 0.4) is 0 Å². The number of nitrogens with two attached hydrogens (primary N) is 5. The number of methoxy groups -OCH3 is 1. The number of aromatic amines is 3. The molecule has 0 fully saturated rings. The van der Waals surface area contributed by atoms with Crippen LogP contribution in [0.2, 0.25) is 0 Å². The molecular weight excluding hydrogens is 1930 g/mol. The van der Waals surface area contributed by atoms with Crippen molar-refractivity contribution < 1.29 is 33.3 Å². The Labute approximate surface area is 877 Å². The summed E-state index contributed by atoms with van der Waals surface area (Å²) >= 11 is 2.75. The monoisotopic (exact) mass is 2050 g/mol. The fourth-order valence-corrected chi connectivity index (χ4v) is 21.0. The van der Waals surface area contributed by atoms with Crippen LogP contribution in [-0.4, -0.2) is 210 Å². The van der Waals surface area contributed by atoms with E-state index in [1.54, 1.807) is 82.7 Å². The molecule has 2 atom stereocenters. The SMILES string of the molecule is CC(=O)Nc1nc(-c2nc(-c3cc(C)c4c(c3)CN(C)CC4)cnc2N)cs1.COc1nc(COc2nc(-c3cc(C)c4c(c3)CN(C)CC4)cnc2N)cs1.Cc1cc(-c2cnc(N)c(OC(C)c3cccc4[nH]c(=O)[nH]c34)n2)cc2c1CCN(C)C2.Cc1cc(-c2cnc(N)c(OC(C)c3ccnc4[nH]ccc34)n2)cc2c1CCN(C)C2.Cc1cc(-c2cnc(N)c(Oc3ccc(C(=O)N(C)C)cc3)n2)cc2c1CCN(C)C2. The lowest BCUT2D eigenvalue weighted by molar-refractivity contribution is -0.114. The number of aromatic nitrogens is 16. The lowest BCUT2D eigenvalue weighted by Crippen LogP contribution is -2.27. The topological polar surface area (TPSA) is 474 Å². The minimum atomic E-state index is -0.393. The first kappa shape index (κ1) is 104. The number of benzene rings is 7. The van der Waals surface area contributed by atoms with E-state index >= 15 is 0 Å². The molecule has 10 aromatic heterocycles. The zero-order chi connectivity index (χ0) is 106. The molecule has 2 amide bonds. The number of aryl methyl sites for hydroxylation is 5. The summed E-state index contributed by atoms with van der Waals surface area (Å²) in [6.07, 6.45) is 16.8. The number of H-pyrrole nitrogens is 3. The van der Waals surface area contributed by atoms with Gasteiger partial charge in [-0.1, -0.05) is 23.5 Å². The Morgan fingerprint density at radius 3 is 1.33 bits per heavy atom. The molecule has 0 bridgehead atoms. The van der Waals surface area contributed by atoms with E-state index in [0.717, 1.165) is 176 Å². The van der Waals surface area contributed by atoms with Gasteiger partial charge in [-0.2, -0.15) is 0 Å². The number of hydrogen-bond donors (Lipinski definition) is 9. The molecule has 0 spiro atoms. The van der Waals surface area contributed by atoms with E-state index in [-0.39, 0.29) is 65.2 Å². The van der Waals surface area contributed by atoms with E-state index in [1.165, 1.54) is 118 Å². The number of nitrogen functional groups attached to an aromatic ring is 5. The van der Waals surface area contributed by atoms with Crippen molar-refractivity contribution in [2.75, 3.05) is 123 Å². The highest BCUT2D eigenvalue weighted by atomic mass is 32.1. The third kappa shape index (κ3) is 24.0. The van der Waals surface area contributed by atoms with Crippen LogP contribution in [-0.2, 0) is 76.2 Å². The number of carbonyl (C=O) groups excluding carboxylic acids is 2. The summed E-state index contributed by atoms with van der Waals surface area (Å²) in [6.45, 7) is 26.4. The lowest BCUT2D eigenvalue weighted by atomic mass is 9.92. The molecule has 0 saturated heterocycles. The molecule has 36 nitrogen and oxygen atoms in total. The van der Waals surface area contributed by atoms with Gasteiger partial charge in [0.05, 0.1) is 83.3 Å². The molecule has 17 aromatic rings. The number of nitrogens with one attached hydrogen (secondary N) is 4. The van der Waals surface area contributed by atoms with Gasteiger partial charge < -0.3 is 102 Å². The number of imidazole rings is 1. The summed E-state index contributed by atoms with van der Waals surface area (Å²) in [5.41, 5.74) is 65.7. The summed E-state index contributed by atoms with van der Waals surface area (Å²) in [7, 11) is 15.7. The normalized spacial score (nSPS) is 14.3. The number of rotatable bonds is 20. The molecule has 38 heteroatoms. The Morgan fingerprint density at radius 1 is 0.467 bits per heavy atom. The number of carbonyl (C=O) groups is 2. The summed E-state index contributed by atoms with van der Waals surface area (Å²) in [4.78, 5) is 115.